The van der Waals surface area contributed by atoms with Crippen LogP contribution in [-0.4, -0.2) is 50.6 Å². The molecule has 0 fully saturated rings. The normalized spacial score (nSPS) is 10.8. The van der Waals surface area contributed by atoms with E-state index >= 15 is 0 Å². The average Bonchev–Trinajstić information content (AvgIpc) is 3.21. The monoisotopic (exact) mass is 431 g/mol. The first-order chi connectivity index (χ1) is 14.2. The van der Waals surface area contributed by atoms with Crippen LogP contribution >= 0.6 is 11.3 Å². The minimum atomic E-state index is -0.850. The highest BCUT2D eigenvalue weighted by atomic mass is 32.1. The molecule has 3 heterocycles. The molecule has 3 rings (SSSR count). The lowest BCUT2D eigenvalue weighted by Gasteiger charge is -2.07. The van der Waals surface area contributed by atoms with E-state index in [-0.39, 0.29) is 18.2 Å². The Morgan fingerprint density at radius 1 is 1.10 bits per heavy atom. The van der Waals surface area contributed by atoms with Crippen LogP contribution in [0.3, 0.4) is 0 Å². The molecule has 0 aromatic carbocycles. The standard InChI is InChI=1S/C19H21N5O5S/c1-6-28-17(26)14-11(4)12(5)30-16(14)21-13(25)8-29-18(27)15-22-19-20-9(2)7-10(3)24(19)23-15/h7H,6,8H2,1-5H3,(H,21,25). The number of anilines is 1. The Morgan fingerprint density at radius 3 is 2.53 bits per heavy atom. The number of rotatable bonds is 6. The van der Waals surface area contributed by atoms with E-state index in [1.54, 1.807) is 19.9 Å². The number of aryl methyl sites for hydroxylation is 3. The van der Waals surface area contributed by atoms with Gasteiger partial charge in [0.25, 0.3) is 17.5 Å². The Labute approximate surface area is 176 Å². The third kappa shape index (κ3) is 4.30. The summed E-state index contributed by atoms with van der Waals surface area (Å²) in [6.45, 7) is 8.60. The molecule has 0 radical (unpaired) electrons. The largest absolute Gasteiger partial charge is 0.462 e. The van der Waals surface area contributed by atoms with Crippen molar-refractivity contribution in [1.82, 2.24) is 19.6 Å². The van der Waals surface area contributed by atoms with Gasteiger partial charge in [0.15, 0.2) is 6.61 Å². The van der Waals surface area contributed by atoms with Crippen molar-refractivity contribution in [3.05, 3.63) is 39.3 Å². The molecular formula is C19H21N5O5S. The van der Waals surface area contributed by atoms with Crippen molar-refractivity contribution in [2.45, 2.75) is 34.6 Å². The number of carbonyl (C=O) groups excluding carboxylic acids is 3. The van der Waals surface area contributed by atoms with Crippen LogP contribution in [0.5, 0.6) is 0 Å². The second kappa shape index (κ2) is 8.57. The molecule has 158 valence electrons. The van der Waals surface area contributed by atoms with Crippen molar-refractivity contribution in [1.29, 1.82) is 0 Å². The number of fused-ring (bicyclic) bond motifs is 1. The predicted molar refractivity (Wildman–Crippen MR) is 109 cm³/mol. The molecule has 0 saturated carbocycles. The fourth-order valence-electron chi connectivity index (χ4n) is 2.78. The minimum Gasteiger partial charge on any atom is -0.462 e. The van der Waals surface area contributed by atoms with E-state index in [4.69, 9.17) is 9.47 Å². The third-order valence-corrected chi connectivity index (χ3v) is 5.38. The predicted octanol–water partition coefficient (Wildman–Crippen LogP) is 2.39. The van der Waals surface area contributed by atoms with Gasteiger partial charge in [-0.1, -0.05) is 0 Å². The molecule has 1 N–H and O–H groups in total. The van der Waals surface area contributed by atoms with Crippen LogP contribution in [0.25, 0.3) is 5.78 Å². The maximum atomic E-state index is 12.3. The van der Waals surface area contributed by atoms with Crippen molar-refractivity contribution < 1.29 is 23.9 Å². The Bertz CT molecular complexity index is 1150. The van der Waals surface area contributed by atoms with Crippen LogP contribution in [0.4, 0.5) is 5.00 Å². The highest BCUT2D eigenvalue weighted by molar-refractivity contribution is 7.16. The van der Waals surface area contributed by atoms with E-state index < -0.39 is 24.5 Å². The van der Waals surface area contributed by atoms with Gasteiger partial charge >= 0.3 is 11.9 Å². The fourth-order valence-corrected chi connectivity index (χ4v) is 3.84. The van der Waals surface area contributed by atoms with Crippen LogP contribution in [0, 0.1) is 27.7 Å². The number of aromatic nitrogens is 4. The molecule has 11 heteroatoms. The zero-order chi connectivity index (χ0) is 22.0. The first-order valence-electron chi connectivity index (χ1n) is 9.16. The molecule has 0 spiro atoms. The molecule has 3 aromatic rings. The molecule has 0 bridgehead atoms. The van der Waals surface area contributed by atoms with Gasteiger partial charge in [-0.25, -0.2) is 19.1 Å². The summed E-state index contributed by atoms with van der Waals surface area (Å²) in [6.07, 6.45) is 0. The van der Waals surface area contributed by atoms with Crippen molar-refractivity contribution in [3.63, 3.8) is 0 Å². The number of carbonyl (C=O) groups is 3. The van der Waals surface area contributed by atoms with Crippen molar-refractivity contribution in [2.24, 2.45) is 0 Å². The summed E-state index contributed by atoms with van der Waals surface area (Å²) in [6, 6.07) is 1.80. The Morgan fingerprint density at radius 2 is 1.83 bits per heavy atom. The molecule has 1 amide bonds. The highest BCUT2D eigenvalue weighted by Gasteiger charge is 2.23. The van der Waals surface area contributed by atoms with Crippen LogP contribution in [0.15, 0.2) is 6.07 Å². The van der Waals surface area contributed by atoms with Gasteiger partial charge in [-0.2, -0.15) is 4.98 Å². The maximum absolute atomic E-state index is 12.3. The highest BCUT2D eigenvalue weighted by Crippen LogP contribution is 2.33. The van der Waals surface area contributed by atoms with Gasteiger partial charge in [0.2, 0.25) is 0 Å². The van der Waals surface area contributed by atoms with E-state index in [0.717, 1.165) is 21.8 Å². The lowest BCUT2D eigenvalue weighted by molar-refractivity contribution is -0.119. The van der Waals surface area contributed by atoms with E-state index in [9.17, 15) is 14.4 Å². The molecule has 0 aliphatic heterocycles. The number of hydrogen-bond acceptors (Lipinski definition) is 9. The second-order valence-electron chi connectivity index (χ2n) is 6.52. The molecule has 0 unspecified atom stereocenters. The maximum Gasteiger partial charge on any atom is 0.378 e. The zero-order valence-corrected chi connectivity index (χ0v) is 18.0. The Balaban J connectivity index is 1.68. The average molecular weight is 431 g/mol. The molecular weight excluding hydrogens is 410 g/mol. The van der Waals surface area contributed by atoms with Crippen molar-refractivity contribution >= 4 is 40.0 Å². The SMILES string of the molecule is CCOC(=O)c1c(NC(=O)COC(=O)c2nc3nc(C)cc(C)n3n2)sc(C)c1C. The van der Waals surface area contributed by atoms with Gasteiger partial charge in [0.05, 0.1) is 12.2 Å². The summed E-state index contributed by atoms with van der Waals surface area (Å²) >= 11 is 1.25. The molecule has 3 aromatic heterocycles. The van der Waals surface area contributed by atoms with E-state index in [2.05, 4.69) is 20.4 Å². The number of amides is 1. The van der Waals surface area contributed by atoms with Gasteiger partial charge in [-0.3, -0.25) is 4.79 Å². The number of thiophene rings is 1. The number of esters is 2. The third-order valence-electron chi connectivity index (χ3n) is 4.25. The van der Waals surface area contributed by atoms with Crippen molar-refractivity contribution in [3.8, 4) is 0 Å². The van der Waals surface area contributed by atoms with Gasteiger partial charge in [-0.05, 0) is 46.2 Å². The Hall–Kier alpha value is -3.34. The van der Waals surface area contributed by atoms with Crippen LogP contribution < -0.4 is 5.32 Å². The van der Waals surface area contributed by atoms with Gasteiger partial charge in [0, 0.05) is 16.3 Å². The molecule has 0 aliphatic carbocycles. The van der Waals surface area contributed by atoms with Crippen LogP contribution in [0.1, 0.15) is 49.7 Å². The van der Waals surface area contributed by atoms with E-state index in [0.29, 0.717) is 10.6 Å². The number of nitrogens with one attached hydrogen (secondary N) is 1. The van der Waals surface area contributed by atoms with Crippen LogP contribution in [0.2, 0.25) is 0 Å². The fraction of sp³-hybridized carbons (Fsp3) is 0.368. The summed E-state index contributed by atoms with van der Waals surface area (Å²) in [5.74, 6) is -1.88. The quantitative estimate of drug-likeness (QED) is 0.590. The smallest absolute Gasteiger partial charge is 0.378 e. The molecule has 30 heavy (non-hydrogen) atoms. The molecule has 10 nitrogen and oxygen atoms in total. The summed E-state index contributed by atoms with van der Waals surface area (Å²) < 4.78 is 11.5. The van der Waals surface area contributed by atoms with E-state index in [1.807, 2.05) is 20.8 Å². The zero-order valence-electron chi connectivity index (χ0n) is 17.2. The van der Waals surface area contributed by atoms with Gasteiger partial charge in [-0.15, -0.1) is 16.4 Å². The lowest BCUT2D eigenvalue weighted by Crippen LogP contribution is -2.22. The molecule has 0 atom stereocenters. The minimum absolute atomic E-state index is 0.195. The van der Waals surface area contributed by atoms with Gasteiger partial charge < -0.3 is 14.8 Å². The van der Waals surface area contributed by atoms with Crippen LogP contribution in [-0.2, 0) is 14.3 Å². The Kier molecular flexibility index (Phi) is 6.11. The molecule has 0 aliphatic rings. The topological polar surface area (TPSA) is 125 Å². The van der Waals surface area contributed by atoms with Gasteiger partial charge in [0.1, 0.15) is 5.00 Å². The summed E-state index contributed by atoms with van der Waals surface area (Å²) in [4.78, 5) is 45.8. The second-order valence-corrected chi connectivity index (χ2v) is 7.74. The number of hydrogen-bond donors (Lipinski definition) is 1. The lowest BCUT2D eigenvalue weighted by atomic mass is 10.1. The molecule has 0 saturated heterocycles. The number of ether oxygens (including phenoxy) is 2. The first-order valence-corrected chi connectivity index (χ1v) is 9.98. The van der Waals surface area contributed by atoms with E-state index in [1.165, 1.54) is 15.9 Å². The first kappa shape index (κ1) is 21.4. The summed E-state index contributed by atoms with van der Waals surface area (Å²) in [5, 5.41) is 7.02. The summed E-state index contributed by atoms with van der Waals surface area (Å²) in [5.41, 5.74) is 2.54. The summed E-state index contributed by atoms with van der Waals surface area (Å²) in [7, 11) is 0. The van der Waals surface area contributed by atoms with Crippen molar-refractivity contribution in [2.75, 3.05) is 18.5 Å². The number of nitrogens with zero attached hydrogens (tertiary/aromatic N) is 4.